The van der Waals surface area contributed by atoms with Gasteiger partial charge in [0, 0.05) is 57.0 Å². The molecule has 2 aromatic heterocycles. The zero-order valence-corrected chi connectivity index (χ0v) is 30.8. The van der Waals surface area contributed by atoms with E-state index in [1.54, 1.807) is 6.08 Å². The normalized spacial score (nSPS) is 14.7. The predicted molar refractivity (Wildman–Crippen MR) is 188 cm³/mol. The largest absolute Gasteiger partial charge is 0.506 e. The van der Waals surface area contributed by atoms with Crippen LogP contribution in [0.4, 0.5) is 41.2 Å². The van der Waals surface area contributed by atoms with Gasteiger partial charge in [-0.1, -0.05) is 12.2 Å². The number of ether oxygens (including phenoxy) is 1. The van der Waals surface area contributed by atoms with Crippen LogP contribution in [0.25, 0.3) is 11.3 Å². The summed E-state index contributed by atoms with van der Waals surface area (Å²) in [7, 11) is 3.89. The summed E-state index contributed by atoms with van der Waals surface area (Å²) in [6.45, 7) is -0.0702. The molecule has 1 aromatic carbocycles. The standard InChI is InChI=1S/C27H30F6N6O3.C9H10FNO3/c1-26(2,14-39-20(11-21(36-39)27(31,32)33)17-10-18(28)24(42)37(3)13-17)35-23(41)19(34-22(40)16-6-7-16)9-15-5-4-8-38(12-15)25(29)30;1-11(9(13)14-2)7-4-3-6(10)5-8(7)12/h4-5,10-13,16,19,25H,6-9,14H2,1-3H3,(H,34,40)(H,35,41);3-5,12H,1-2H3. The van der Waals surface area contributed by atoms with Crippen molar-refractivity contribution in [1.82, 2.24) is 29.9 Å². The van der Waals surface area contributed by atoms with Crippen molar-refractivity contribution in [2.45, 2.75) is 64.0 Å². The monoisotopic (exact) mass is 799 g/mol. The number of pyridine rings is 1. The van der Waals surface area contributed by atoms with Crippen molar-refractivity contribution in [3.8, 4) is 17.0 Å². The highest BCUT2D eigenvalue weighted by Gasteiger charge is 2.37. The van der Waals surface area contributed by atoms with E-state index in [4.69, 9.17) is 0 Å². The number of nitrogens with zero attached hydrogens (tertiary/aromatic N) is 5. The van der Waals surface area contributed by atoms with Crippen LogP contribution in [0.5, 0.6) is 5.75 Å². The lowest BCUT2D eigenvalue weighted by Gasteiger charge is -2.30. The summed E-state index contributed by atoms with van der Waals surface area (Å²) in [6.07, 6.45) is 1.19. The summed E-state index contributed by atoms with van der Waals surface area (Å²) < 4.78 is 100. The predicted octanol–water partition coefficient (Wildman–Crippen LogP) is 5.30. The van der Waals surface area contributed by atoms with E-state index in [0.29, 0.717) is 24.5 Å². The molecule has 0 spiro atoms. The molecule has 304 valence electrons. The molecule has 2 aliphatic rings. The van der Waals surface area contributed by atoms with Gasteiger partial charge in [0.1, 0.15) is 17.6 Å². The van der Waals surface area contributed by atoms with Crippen molar-refractivity contribution >= 4 is 23.6 Å². The van der Waals surface area contributed by atoms with Gasteiger partial charge in [-0.25, -0.2) is 13.6 Å². The van der Waals surface area contributed by atoms with Gasteiger partial charge in [-0.2, -0.15) is 27.1 Å². The first-order valence-corrected chi connectivity index (χ1v) is 17.0. The van der Waals surface area contributed by atoms with Gasteiger partial charge in [-0.3, -0.25) is 24.0 Å². The Balaban J connectivity index is 0.000000419. The lowest BCUT2D eigenvalue weighted by molar-refractivity contribution is -0.141. The molecular formula is C36H40F7N7O6. The summed E-state index contributed by atoms with van der Waals surface area (Å²) in [4.78, 5) is 50.7. The number of hydrogen-bond acceptors (Lipinski definition) is 8. The minimum absolute atomic E-state index is 0.0227. The molecule has 0 saturated heterocycles. The molecule has 3 N–H and O–H groups in total. The minimum atomic E-state index is -4.84. The Kier molecular flexibility index (Phi) is 13.3. The second kappa shape index (κ2) is 17.3. The number of allylic oxidation sites excluding steroid dienone is 1. The van der Waals surface area contributed by atoms with E-state index in [1.807, 2.05) is 0 Å². The molecule has 3 heterocycles. The Bertz CT molecular complexity index is 2030. The molecule has 5 rings (SSSR count). The van der Waals surface area contributed by atoms with Gasteiger partial charge in [-0.15, -0.1) is 0 Å². The summed E-state index contributed by atoms with van der Waals surface area (Å²) in [5.74, 6) is -3.34. The van der Waals surface area contributed by atoms with Crippen LogP contribution in [0.1, 0.15) is 38.8 Å². The molecular weight excluding hydrogens is 759 g/mol. The van der Waals surface area contributed by atoms with E-state index in [1.165, 1.54) is 59.6 Å². The third kappa shape index (κ3) is 11.1. The van der Waals surface area contributed by atoms with Crippen molar-refractivity contribution < 1.29 is 55.0 Å². The van der Waals surface area contributed by atoms with Crippen molar-refractivity contribution in [1.29, 1.82) is 0 Å². The topological polar surface area (TPSA) is 151 Å². The van der Waals surface area contributed by atoms with Crippen molar-refractivity contribution in [3.63, 3.8) is 0 Å². The van der Waals surface area contributed by atoms with Crippen LogP contribution in [-0.2, 0) is 34.1 Å². The number of hydrogen-bond donors (Lipinski definition) is 3. The van der Waals surface area contributed by atoms with Gasteiger partial charge in [0.15, 0.2) is 11.5 Å². The molecule has 1 fully saturated rings. The van der Waals surface area contributed by atoms with Crippen LogP contribution in [0.15, 0.2) is 65.2 Å². The molecule has 0 radical (unpaired) electrons. The van der Waals surface area contributed by atoms with E-state index in [0.717, 1.165) is 37.2 Å². The molecule has 56 heavy (non-hydrogen) atoms. The zero-order valence-electron chi connectivity index (χ0n) is 30.8. The third-order valence-corrected chi connectivity index (χ3v) is 8.51. The van der Waals surface area contributed by atoms with Gasteiger partial charge in [-0.05, 0) is 56.5 Å². The quantitative estimate of drug-likeness (QED) is 0.175. The number of carbonyl (C=O) groups excluding carboxylic acids is 3. The minimum Gasteiger partial charge on any atom is -0.506 e. The summed E-state index contributed by atoms with van der Waals surface area (Å²) in [5.41, 5.74) is -3.13. The maximum atomic E-state index is 14.2. The lowest BCUT2D eigenvalue weighted by Crippen LogP contribution is -2.55. The van der Waals surface area contributed by atoms with Crippen LogP contribution in [0.3, 0.4) is 0 Å². The highest BCUT2D eigenvalue weighted by molar-refractivity contribution is 5.90. The van der Waals surface area contributed by atoms with Crippen LogP contribution in [-0.4, -0.2) is 81.1 Å². The fourth-order valence-corrected chi connectivity index (χ4v) is 5.54. The van der Waals surface area contributed by atoms with E-state index in [2.05, 4.69) is 20.5 Å². The first kappa shape index (κ1) is 42.9. The summed E-state index contributed by atoms with van der Waals surface area (Å²) in [6, 6.07) is 3.72. The number of rotatable bonds is 11. The van der Waals surface area contributed by atoms with E-state index in [-0.39, 0.29) is 54.0 Å². The van der Waals surface area contributed by atoms with Crippen LogP contribution < -0.4 is 21.1 Å². The Hall–Kier alpha value is -5.82. The first-order chi connectivity index (χ1) is 26.1. The lowest BCUT2D eigenvalue weighted by atomic mass is 10.0. The number of methoxy groups -OCH3 is 1. The number of aromatic nitrogens is 3. The molecule has 3 aromatic rings. The van der Waals surface area contributed by atoms with Crippen LogP contribution >= 0.6 is 0 Å². The Morgan fingerprint density at radius 2 is 1.79 bits per heavy atom. The fraction of sp³-hybridized carbons (Fsp3) is 0.417. The number of carbonyl (C=O) groups is 3. The smallest absolute Gasteiger partial charge is 0.435 e. The number of halogens is 7. The summed E-state index contributed by atoms with van der Waals surface area (Å²) in [5, 5.41) is 18.3. The SMILES string of the molecule is COC(=O)N(C)c1ccc(F)cc1O.Cn1cc(-c2cc(C(F)(F)F)nn2CC(C)(C)NC(=O)C(CC2=CN(C(F)F)CC=C2)NC(=O)C2CC2)cc(F)c1=O. The number of anilines is 1. The first-order valence-electron chi connectivity index (χ1n) is 17.0. The molecule has 1 aliphatic heterocycles. The maximum Gasteiger partial charge on any atom is 0.435 e. The van der Waals surface area contributed by atoms with Crippen LogP contribution in [0, 0.1) is 17.6 Å². The van der Waals surface area contributed by atoms with Gasteiger partial charge in [0.2, 0.25) is 11.8 Å². The Morgan fingerprint density at radius 3 is 2.36 bits per heavy atom. The molecule has 0 bridgehead atoms. The van der Waals surface area contributed by atoms with Crippen molar-refractivity contribution in [2.75, 3.05) is 25.6 Å². The Morgan fingerprint density at radius 1 is 1.11 bits per heavy atom. The number of phenolic OH excluding ortho intramolecular Hbond substituents is 1. The molecule has 1 atom stereocenters. The molecule has 1 unspecified atom stereocenters. The molecule has 1 saturated carbocycles. The number of benzene rings is 1. The van der Waals surface area contributed by atoms with Crippen molar-refractivity contribution in [2.24, 2.45) is 13.0 Å². The molecule has 3 amide bonds. The molecule has 1 aliphatic carbocycles. The highest BCUT2D eigenvalue weighted by Crippen LogP contribution is 2.33. The number of amides is 3. The average molecular weight is 800 g/mol. The van der Waals surface area contributed by atoms with Crippen LogP contribution in [0.2, 0.25) is 0 Å². The molecule has 20 heteroatoms. The highest BCUT2D eigenvalue weighted by atomic mass is 19.4. The fourth-order valence-electron chi connectivity index (χ4n) is 5.54. The van der Waals surface area contributed by atoms with Crippen molar-refractivity contribution in [3.05, 3.63) is 88.1 Å². The second-order valence-corrected chi connectivity index (χ2v) is 13.7. The second-order valence-electron chi connectivity index (χ2n) is 13.7. The number of phenols is 1. The maximum absolute atomic E-state index is 14.2. The van der Waals surface area contributed by atoms with E-state index in [9.17, 15) is 55.0 Å². The number of aryl methyl sites for hydroxylation is 1. The van der Waals surface area contributed by atoms with Gasteiger partial charge >= 0.3 is 18.8 Å². The van der Waals surface area contributed by atoms with E-state index < -0.39 is 59.2 Å². The van der Waals surface area contributed by atoms with E-state index >= 15 is 0 Å². The summed E-state index contributed by atoms with van der Waals surface area (Å²) >= 11 is 0. The third-order valence-electron chi connectivity index (χ3n) is 8.51. The van der Waals surface area contributed by atoms with Gasteiger partial charge < -0.3 is 29.9 Å². The average Bonchev–Trinajstić information content (AvgIpc) is 3.89. The Labute approximate surface area is 316 Å². The zero-order chi connectivity index (χ0) is 41.7. The number of aromatic hydroxyl groups is 1. The number of nitrogens with one attached hydrogen (secondary N) is 2. The molecule has 13 nitrogen and oxygen atoms in total. The van der Waals surface area contributed by atoms with Gasteiger partial charge in [0.25, 0.3) is 5.56 Å². The van der Waals surface area contributed by atoms with Gasteiger partial charge in [0.05, 0.1) is 30.6 Å². The number of alkyl halides is 5.